The predicted octanol–water partition coefficient (Wildman–Crippen LogP) is 2.07. The van der Waals surface area contributed by atoms with Gasteiger partial charge in [0.05, 0.1) is 21.3 Å². The summed E-state index contributed by atoms with van der Waals surface area (Å²) in [7, 11) is 4.58. The van der Waals surface area contributed by atoms with Crippen LogP contribution in [-0.4, -0.2) is 33.3 Å². The average Bonchev–Trinajstić information content (AvgIpc) is 3.28. The van der Waals surface area contributed by atoms with Gasteiger partial charge in [0.25, 0.3) is 0 Å². The van der Waals surface area contributed by atoms with E-state index < -0.39 is 0 Å². The number of benzene rings is 1. The van der Waals surface area contributed by atoms with E-state index in [0.29, 0.717) is 17.4 Å². The molecule has 1 aliphatic rings. The Labute approximate surface area is 112 Å². The van der Waals surface area contributed by atoms with E-state index in [-0.39, 0.29) is 12.0 Å². The minimum absolute atomic E-state index is 0.225. The summed E-state index contributed by atoms with van der Waals surface area (Å²) in [5, 5.41) is 3.21. The van der Waals surface area contributed by atoms with Gasteiger partial charge in [-0.15, -0.1) is 0 Å². The first-order valence-electron chi connectivity index (χ1n) is 6.26. The van der Waals surface area contributed by atoms with Crippen LogP contribution in [0.1, 0.15) is 12.8 Å². The molecule has 1 N–H and O–H groups in total. The lowest BCUT2D eigenvalue weighted by Gasteiger charge is -2.18. The quantitative estimate of drug-likeness (QED) is 0.798. The normalized spacial score (nSPS) is 15.5. The minimum Gasteiger partial charge on any atom is -0.493 e. The number of ether oxygens (including phenoxy) is 3. The Balaban J connectivity index is 2.14. The summed E-state index contributed by atoms with van der Waals surface area (Å²) in [5.74, 6) is 1.43. The first-order chi connectivity index (χ1) is 9.19. The molecular formula is C14H19NO4. The minimum atomic E-state index is -0.289. The topological polar surface area (TPSA) is 56.8 Å². The largest absolute Gasteiger partial charge is 0.493 e. The maximum absolute atomic E-state index is 11.7. The fourth-order valence-electron chi connectivity index (χ4n) is 2.03. The molecule has 1 aliphatic carbocycles. The predicted molar refractivity (Wildman–Crippen MR) is 71.7 cm³/mol. The van der Waals surface area contributed by atoms with Crippen molar-refractivity contribution in [3.05, 3.63) is 18.2 Å². The summed E-state index contributed by atoms with van der Waals surface area (Å²) < 4.78 is 15.3. The van der Waals surface area contributed by atoms with E-state index in [1.165, 1.54) is 7.11 Å². The van der Waals surface area contributed by atoms with Crippen LogP contribution in [0.2, 0.25) is 0 Å². The fourth-order valence-corrected chi connectivity index (χ4v) is 2.03. The molecule has 0 amide bonds. The third-order valence-electron chi connectivity index (χ3n) is 3.25. The number of esters is 1. The summed E-state index contributed by atoms with van der Waals surface area (Å²) in [6.07, 6.45) is 2.11. The number of rotatable bonds is 6. The van der Waals surface area contributed by atoms with Crippen LogP contribution in [0.5, 0.6) is 11.5 Å². The SMILES string of the molecule is COC(=O)C(Nc1ccc(OC)c(OC)c1)C1CC1. The highest BCUT2D eigenvalue weighted by Crippen LogP contribution is 2.36. The van der Waals surface area contributed by atoms with Crippen molar-refractivity contribution < 1.29 is 19.0 Å². The van der Waals surface area contributed by atoms with Gasteiger partial charge in [0.1, 0.15) is 6.04 Å². The van der Waals surface area contributed by atoms with Gasteiger partial charge < -0.3 is 19.5 Å². The Bertz CT molecular complexity index is 457. The van der Waals surface area contributed by atoms with Crippen molar-refractivity contribution in [3.8, 4) is 11.5 Å². The van der Waals surface area contributed by atoms with Crippen molar-refractivity contribution in [3.63, 3.8) is 0 Å². The average molecular weight is 265 g/mol. The molecule has 1 aromatic carbocycles. The van der Waals surface area contributed by atoms with E-state index in [0.717, 1.165) is 18.5 Å². The first kappa shape index (κ1) is 13.5. The van der Waals surface area contributed by atoms with Crippen LogP contribution < -0.4 is 14.8 Å². The second-order valence-electron chi connectivity index (χ2n) is 4.55. The lowest BCUT2D eigenvalue weighted by Crippen LogP contribution is -2.32. The maximum Gasteiger partial charge on any atom is 0.328 e. The highest BCUT2D eigenvalue weighted by atomic mass is 16.5. The van der Waals surface area contributed by atoms with Gasteiger partial charge in [-0.05, 0) is 30.9 Å². The molecule has 0 aliphatic heterocycles. The number of carbonyl (C=O) groups excluding carboxylic acids is 1. The smallest absolute Gasteiger partial charge is 0.328 e. The van der Waals surface area contributed by atoms with Crippen LogP contribution >= 0.6 is 0 Å². The molecular weight excluding hydrogens is 246 g/mol. The Hall–Kier alpha value is -1.91. The summed E-state index contributed by atoms with van der Waals surface area (Å²) >= 11 is 0. The molecule has 5 nitrogen and oxygen atoms in total. The zero-order valence-electron chi connectivity index (χ0n) is 11.4. The molecule has 5 heteroatoms. The van der Waals surface area contributed by atoms with Crippen molar-refractivity contribution in [2.24, 2.45) is 5.92 Å². The van der Waals surface area contributed by atoms with Crippen molar-refractivity contribution in [1.29, 1.82) is 0 Å². The number of nitrogens with one attached hydrogen (secondary N) is 1. The molecule has 1 aromatic rings. The lowest BCUT2D eigenvalue weighted by atomic mass is 10.1. The Morgan fingerprint density at radius 3 is 2.42 bits per heavy atom. The zero-order valence-corrected chi connectivity index (χ0v) is 11.4. The molecule has 1 unspecified atom stereocenters. The molecule has 104 valence electrons. The molecule has 1 saturated carbocycles. The highest BCUT2D eigenvalue weighted by molar-refractivity contribution is 5.80. The van der Waals surface area contributed by atoms with Crippen LogP contribution in [0.4, 0.5) is 5.69 Å². The molecule has 0 saturated heterocycles. The molecule has 0 radical (unpaired) electrons. The van der Waals surface area contributed by atoms with Gasteiger partial charge in [-0.25, -0.2) is 4.79 Å². The van der Waals surface area contributed by atoms with Crippen molar-refractivity contribution >= 4 is 11.7 Å². The Kier molecular flexibility index (Phi) is 4.14. The highest BCUT2D eigenvalue weighted by Gasteiger charge is 2.37. The van der Waals surface area contributed by atoms with E-state index in [4.69, 9.17) is 14.2 Å². The van der Waals surface area contributed by atoms with E-state index in [1.54, 1.807) is 14.2 Å². The molecule has 0 aromatic heterocycles. The standard InChI is InChI=1S/C14H19NO4/c1-17-11-7-6-10(8-12(11)18-2)15-13(9-4-5-9)14(16)19-3/h6-9,13,15H,4-5H2,1-3H3. The molecule has 2 rings (SSSR count). The van der Waals surface area contributed by atoms with Crippen molar-refractivity contribution in [2.75, 3.05) is 26.6 Å². The molecule has 0 spiro atoms. The van der Waals surface area contributed by atoms with E-state index in [1.807, 2.05) is 18.2 Å². The first-order valence-corrected chi connectivity index (χ1v) is 6.26. The number of hydrogen-bond acceptors (Lipinski definition) is 5. The summed E-state index contributed by atoms with van der Waals surface area (Å²) in [6, 6.07) is 5.20. The molecule has 1 atom stereocenters. The van der Waals surface area contributed by atoms with Gasteiger partial charge in [0, 0.05) is 11.8 Å². The third-order valence-corrected chi connectivity index (χ3v) is 3.25. The van der Waals surface area contributed by atoms with E-state index in [9.17, 15) is 4.79 Å². The fraction of sp³-hybridized carbons (Fsp3) is 0.500. The number of methoxy groups -OCH3 is 3. The van der Waals surface area contributed by atoms with Gasteiger partial charge in [0.2, 0.25) is 0 Å². The van der Waals surface area contributed by atoms with Gasteiger partial charge >= 0.3 is 5.97 Å². The second-order valence-corrected chi connectivity index (χ2v) is 4.55. The van der Waals surface area contributed by atoms with Gasteiger partial charge in [-0.2, -0.15) is 0 Å². The summed E-state index contributed by atoms with van der Waals surface area (Å²) in [6.45, 7) is 0. The van der Waals surface area contributed by atoms with Crippen LogP contribution in [0, 0.1) is 5.92 Å². The summed E-state index contributed by atoms with van der Waals surface area (Å²) in [5.41, 5.74) is 0.819. The van der Waals surface area contributed by atoms with Crippen molar-refractivity contribution in [2.45, 2.75) is 18.9 Å². The lowest BCUT2D eigenvalue weighted by molar-refractivity contribution is -0.142. The van der Waals surface area contributed by atoms with Crippen LogP contribution in [-0.2, 0) is 9.53 Å². The third kappa shape index (κ3) is 3.10. The number of hydrogen-bond donors (Lipinski definition) is 1. The Morgan fingerprint density at radius 1 is 1.21 bits per heavy atom. The van der Waals surface area contributed by atoms with Crippen LogP contribution in [0.25, 0.3) is 0 Å². The van der Waals surface area contributed by atoms with E-state index in [2.05, 4.69) is 5.32 Å². The molecule has 0 bridgehead atoms. The zero-order chi connectivity index (χ0) is 13.8. The summed E-state index contributed by atoms with van der Waals surface area (Å²) in [4.78, 5) is 11.7. The monoisotopic (exact) mass is 265 g/mol. The van der Waals surface area contributed by atoms with Gasteiger partial charge in [-0.3, -0.25) is 0 Å². The van der Waals surface area contributed by atoms with Crippen LogP contribution in [0.15, 0.2) is 18.2 Å². The van der Waals surface area contributed by atoms with Crippen molar-refractivity contribution in [1.82, 2.24) is 0 Å². The maximum atomic E-state index is 11.7. The van der Waals surface area contributed by atoms with Crippen LogP contribution in [0.3, 0.4) is 0 Å². The van der Waals surface area contributed by atoms with Gasteiger partial charge in [0.15, 0.2) is 11.5 Å². The second kappa shape index (κ2) is 5.82. The molecule has 1 fully saturated rings. The van der Waals surface area contributed by atoms with E-state index >= 15 is 0 Å². The Morgan fingerprint density at radius 2 is 1.89 bits per heavy atom. The number of anilines is 1. The number of carbonyl (C=O) groups is 1. The van der Waals surface area contributed by atoms with Gasteiger partial charge in [-0.1, -0.05) is 0 Å². The molecule has 0 heterocycles. The molecule has 19 heavy (non-hydrogen) atoms.